The third-order valence-corrected chi connectivity index (χ3v) is 3.80. The fraction of sp³-hybridized carbons (Fsp3) is 0.824. The molecule has 2 atom stereocenters. The van der Waals surface area contributed by atoms with E-state index in [1.807, 2.05) is 0 Å². The minimum absolute atomic E-state index is 0.258. The molecule has 0 aliphatic carbocycles. The maximum Gasteiger partial charge on any atom is 0.303 e. The summed E-state index contributed by atoms with van der Waals surface area (Å²) in [6.45, 7) is 2.25. The highest BCUT2D eigenvalue weighted by atomic mass is 16.6. The molecule has 0 saturated carbocycles. The number of rotatable bonds is 13. The van der Waals surface area contributed by atoms with Crippen LogP contribution in [0.2, 0.25) is 0 Å². The van der Waals surface area contributed by atoms with E-state index in [4.69, 9.17) is 9.84 Å². The molecule has 0 spiro atoms. The summed E-state index contributed by atoms with van der Waals surface area (Å²) in [4.78, 5) is 10.4. The highest BCUT2D eigenvalue weighted by molar-refractivity contribution is 5.66. The van der Waals surface area contributed by atoms with E-state index in [-0.39, 0.29) is 18.6 Å². The van der Waals surface area contributed by atoms with Crippen LogP contribution in [-0.4, -0.2) is 23.3 Å². The van der Waals surface area contributed by atoms with Crippen molar-refractivity contribution in [2.45, 2.75) is 89.8 Å². The zero-order chi connectivity index (χ0) is 14.6. The Labute approximate surface area is 123 Å². The molecular weight excluding hydrogens is 252 g/mol. The summed E-state index contributed by atoms with van der Waals surface area (Å²) in [5, 5.41) is 8.55. The summed E-state index contributed by atoms with van der Waals surface area (Å²) in [5.41, 5.74) is 0. The van der Waals surface area contributed by atoms with Gasteiger partial charge in [0, 0.05) is 6.42 Å². The van der Waals surface area contributed by atoms with Gasteiger partial charge in [0.15, 0.2) is 0 Å². The highest BCUT2D eigenvalue weighted by Crippen LogP contribution is 2.28. The number of unbranched alkanes of at least 4 members (excludes halogenated alkanes) is 7. The molecule has 0 aromatic rings. The van der Waals surface area contributed by atoms with Gasteiger partial charge in [-0.15, -0.1) is 0 Å². The lowest BCUT2D eigenvalue weighted by Crippen LogP contribution is -1.97. The third-order valence-electron chi connectivity index (χ3n) is 3.80. The molecule has 1 fully saturated rings. The Balaban J connectivity index is 1.85. The van der Waals surface area contributed by atoms with E-state index in [9.17, 15) is 4.79 Å². The molecule has 0 radical (unpaired) electrons. The van der Waals surface area contributed by atoms with Crippen LogP contribution in [0.5, 0.6) is 0 Å². The van der Waals surface area contributed by atoms with Gasteiger partial charge in [-0.25, -0.2) is 0 Å². The van der Waals surface area contributed by atoms with Gasteiger partial charge in [-0.3, -0.25) is 4.79 Å². The van der Waals surface area contributed by atoms with Gasteiger partial charge < -0.3 is 9.84 Å². The lowest BCUT2D eigenvalue weighted by molar-refractivity contribution is -0.137. The topological polar surface area (TPSA) is 49.8 Å². The Morgan fingerprint density at radius 3 is 2.50 bits per heavy atom. The standard InChI is InChI=1S/C17H30O3/c1-2-3-4-5-6-7-8-9-10-12-15-16(20-15)13-11-14-17(18)19/h10,12,15-16H,2-9,11,13-14H2,1H3,(H,18,19). The van der Waals surface area contributed by atoms with Crippen LogP contribution in [-0.2, 0) is 9.53 Å². The zero-order valence-corrected chi connectivity index (χ0v) is 12.9. The van der Waals surface area contributed by atoms with Crippen molar-refractivity contribution in [2.75, 3.05) is 0 Å². The second-order valence-corrected chi connectivity index (χ2v) is 5.76. The number of hydrogen-bond donors (Lipinski definition) is 1. The van der Waals surface area contributed by atoms with Crippen LogP contribution in [0, 0.1) is 0 Å². The van der Waals surface area contributed by atoms with Crippen molar-refractivity contribution in [2.24, 2.45) is 0 Å². The quantitative estimate of drug-likeness (QED) is 0.302. The molecule has 20 heavy (non-hydrogen) atoms. The van der Waals surface area contributed by atoms with Crippen LogP contribution >= 0.6 is 0 Å². The van der Waals surface area contributed by atoms with Gasteiger partial charge in [0.05, 0.1) is 6.10 Å². The summed E-state index contributed by atoms with van der Waals surface area (Å²) < 4.78 is 5.49. The highest BCUT2D eigenvalue weighted by Gasteiger charge is 2.35. The number of hydrogen-bond acceptors (Lipinski definition) is 2. The minimum Gasteiger partial charge on any atom is -0.481 e. The Morgan fingerprint density at radius 2 is 1.80 bits per heavy atom. The number of carboxylic acid groups (broad SMARTS) is 1. The van der Waals surface area contributed by atoms with E-state index < -0.39 is 5.97 Å². The van der Waals surface area contributed by atoms with Crippen LogP contribution < -0.4 is 0 Å². The van der Waals surface area contributed by atoms with Gasteiger partial charge >= 0.3 is 5.97 Å². The summed E-state index contributed by atoms with van der Waals surface area (Å²) in [5.74, 6) is -0.711. The van der Waals surface area contributed by atoms with Crippen LogP contribution in [0.25, 0.3) is 0 Å². The van der Waals surface area contributed by atoms with Crippen LogP contribution in [0.4, 0.5) is 0 Å². The molecule has 116 valence electrons. The molecular formula is C17H30O3. The molecule has 0 bridgehead atoms. The fourth-order valence-electron chi connectivity index (χ4n) is 2.46. The number of carboxylic acids is 1. The first-order chi connectivity index (χ1) is 9.74. The van der Waals surface area contributed by atoms with E-state index in [0.29, 0.717) is 0 Å². The maximum atomic E-state index is 10.4. The Morgan fingerprint density at radius 1 is 1.10 bits per heavy atom. The van der Waals surface area contributed by atoms with E-state index in [1.165, 1.54) is 44.9 Å². The molecule has 0 aromatic carbocycles. The first-order valence-corrected chi connectivity index (χ1v) is 8.28. The number of aliphatic carboxylic acids is 1. The van der Waals surface area contributed by atoms with E-state index in [0.717, 1.165) is 19.3 Å². The smallest absolute Gasteiger partial charge is 0.303 e. The molecule has 3 heteroatoms. The molecule has 1 rings (SSSR count). The van der Waals surface area contributed by atoms with Gasteiger partial charge in [0.1, 0.15) is 6.10 Å². The predicted molar refractivity (Wildman–Crippen MR) is 81.9 cm³/mol. The van der Waals surface area contributed by atoms with Crippen molar-refractivity contribution >= 4 is 5.97 Å². The number of ether oxygens (including phenoxy) is 1. The number of allylic oxidation sites excluding steroid dienone is 1. The van der Waals surface area contributed by atoms with Crippen molar-refractivity contribution in [3.05, 3.63) is 12.2 Å². The normalized spacial score (nSPS) is 21.4. The second-order valence-electron chi connectivity index (χ2n) is 5.76. The first-order valence-electron chi connectivity index (χ1n) is 8.28. The van der Waals surface area contributed by atoms with Crippen molar-refractivity contribution in [3.8, 4) is 0 Å². The van der Waals surface area contributed by atoms with Gasteiger partial charge in [0.2, 0.25) is 0 Å². The average molecular weight is 282 g/mol. The summed E-state index contributed by atoms with van der Waals surface area (Å²) in [6, 6.07) is 0. The van der Waals surface area contributed by atoms with Gasteiger partial charge in [-0.1, -0.05) is 57.6 Å². The van der Waals surface area contributed by atoms with Gasteiger partial charge in [0.25, 0.3) is 0 Å². The van der Waals surface area contributed by atoms with Crippen LogP contribution in [0.15, 0.2) is 12.2 Å². The predicted octanol–water partition coefficient (Wildman–Crippen LogP) is 4.71. The van der Waals surface area contributed by atoms with E-state index in [2.05, 4.69) is 19.1 Å². The molecule has 0 aromatic heterocycles. The molecule has 1 aliphatic rings. The molecule has 1 aliphatic heterocycles. The largest absolute Gasteiger partial charge is 0.481 e. The number of carbonyl (C=O) groups is 1. The molecule has 0 amide bonds. The van der Waals surface area contributed by atoms with Gasteiger partial charge in [-0.2, -0.15) is 0 Å². The lowest BCUT2D eigenvalue weighted by atomic mass is 10.1. The summed E-state index contributed by atoms with van der Waals surface area (Å²) in [7, 11) is 0. The Kier molecular flexibility index (Phi) is 9.38. The van der Waals surface area contributed by atoms with Crippen molar-refractivity contribution < 1.29 is 14.6 Å². The third kappa shape index (κ3) is 9.13. The lowest BCUT2D eigenvalue weighted by Gasteiger charge is -1.98. The zero-order valence-electron chi connectivity index (χ0n) is 12.9. The van der Waals surface area contributed by atoms with Crippen LogP contribution in [0.1, 0.15) is 77.6 Å². The van der Waals surface area contributed by atoms with Gasteiger partial charge in [-0.05, 0) is 25.7 Å². The van der Waals surface area contributed by atoms with E-state index >= 15 is 0 Å². The molecule has 2 unspecified atom stereocenters. The number of epoxide rings is 1. The fourth-order valence-corrected chi connectivity index (χ4v) is 2.46. The molecule has 1 saturated heterocycles. The molecule has 3 nitrogen and oxygen atoms in total. The first kappa shape index (κ1) is 17.2. The SMILES string of the molecule is CCCCCCCCCC=CC1OC1CCCC(=O)O. The van der Waals surface area contributed by atoms with Crippen LogP contribution in [0.3, 0.4) is 0 Å². The molecule has 1 N–H and O–H groups in total. The van der Waals surface area contributed by atoms with Crippen molar-refractivity contribution in [3.63, 3.8) is 0 Å². The average Bonchev–Trinajstić information content (AvgIpc) is 3.15. The molecule has 1 heterocycles. The maximum absolute atomic E-state index is 10.4. The monoisotopic (exact) mass is 282 g/mol. The Bertz CT molecular complexity index is 286. The second kappa shape index (κ2) is 10.9. The summed E-state index contributed by atoms with van der Waals surface area (Å²) >= 11 is 0. The summed E-state index contributed by atoms with van der Waals surface area (Å²) in [6.07, 6.45) is 17.4. The van der Waals surface area contributed by atoms with Crippen molar-refractivity contribution in [1.29, 1.82) is 0 Å². The van der Waals surface area contributed by atoms with E-state index in [1.54, 1.807) is 0 Å². The Hall–Kier alpha value is -0.830. The van der Waals surface area contributed by atoms with Crippen molar-refractivity contribution in [1.82, 2.24) is 0 Å². The minimum atomic E-state index is -0.711.